The van der Waals surface area contributed by atoms with Gasteiger partial charge in [0.05, 0.1) is 37.7 Å². The minimum Gasteiger partial charge on any atom is -0.465 e. The Morgan fingerprint density at radius 2 is 0.966 bits per heavy atom. The third-order valence-electron chi connectivity index (χ3n) is 12.1. The van der Waals surface area contributed by atoms with Crippen molar-refractivity contribution in [1.29, 1.82) is 0 Å². The van der Waals surface area contributed by atoms with E-state index in [4.69, 9.17) is 9.47 Å². The second-order valence-corrected chi connectivity index (χ2v) is 17.6. The van der Waals surface area contributed by atoms with E-state index in [0.29, 0.717) is 26.2 Å². The molecule has 1 aromatic heterocycles. The van der Waals surface area contributed by atoms with Crippen LogP contribution < -0.4 is 0 Å². The lowest BCUT2D eigenvalue weighted by Gasteiger charge is -2.25. The van der Waals surface area contributed by atoms with Crippen molar-refractivity contribution in [1.82, 2.24) is 14.7 Å². The van der Waals surface area contributed by atoms with Gasteiger partial charge in [-0.25, -0.2) is 0 Å². The first-order chi connectivity index (χ1) is 28.4. The van der Waals surface area contributed by atoms with Gasteiger partial charge in [-0.2, -0.15) is 5.10 Å². The summed E-state index contributed by atoms with van der Waals surface area (Å²) in [5.74, 6) is 0.124. The first-order valence-electron chi connectivity index (χ1n) is 25.1. The maximum absolute atomic E-state index is 13.1. The molecular formula is C50H95N3O5. The fourth-order valence-corrected chi connectivity index (χ4v) is 8.14. The highest BCUT2D eigenvalue weighted by Gasteiger charge is 2.21. The van der Waals surface area contributed by atoms with Crippen LogP contribution in [-0.4, -0.2) is 70.7 Å². The maximum Gasteiger partial charge on any atom is 0.308 e. The van der Waals surface area contributed by atoms with Gasteiger partial charge in [-0.1, -0.05) is 169 Å². The van der Waals surface area contributed by atoms with Gasteiger partial charge in [-0.05, 0) is 77.3 Å². The Bertz CT molecular complexity index is 1060. The van der Waals surface area contributed by atoms with Crippen LogP contribution in [0.4, 0.5) is 0 Å². The van der Waals surface area contributed by atoms with E-state index in [0.717, 1.165) is 115 Å². The first kappa shape index (κ1) is 54.1. The molecule has 0 fully saturated rings. The number of aryl methyl sites for hydroxylation is 1. The molecule has 58 heavy (non-hydrogen) atoms. The van der Waals surface area contributed by atoms with Crippen LogP contribution in [0.1, 0.15) is 232 Å². The van der Waals surface area contributed by atoms with Crippen LogP contribution in [0.3, 0.4) is 0 Å². The zero-order valence-electron chi connectivity index (χ0n) is 39.0. The molecule has 3 atom stereocenters. The minimum absolute atomic E-state index is 0.00523. The molecule has 0 aliphatic rings. The standard InChI is InChI=1S/C50H95N3O5/c1-6-10-14-18-20-26-34-46(32-24-16-12-8-3)49(55)57-42-30-23-22-29-39-52(40-41-53-45(5)37-38-51-53)44-48(54)36-28-31-43-58-50(56)47(33-25-17-13-9-4)35-27-21-19-15-11-7-2/h37-38,46-48,54H,6-36,39-44H2,1-5H3. The van der Waals surface area contributed by atoms with Gasteiger partial charge >= 0.3 is 11.9 Å². The normalized spacial score (nSPS) is 13.2. The average molecular weight is 818 g/mol. The number of rotatable bonds is 43. The second-order valence-electron chi connectivity index (χ2n) is 17.6. The van der Waals surface area contributed by atoms with Gasteiger partial charge in [0.2, 0.25) is 0 Å². The van der Waals surface area contributed by atoms with Crippen molar-refractivity contribution < 1.29 is 24.2 Å². The lowest BCUT2D eigenvalue weighted by molar-refractivity contribution is -0.150. The van der Waals surface area contributed by atoms with Gasteiger partial charge in [0.1, 0.15) is 0 Å². The Kier molecular flexibility index (Phi) is 36.6. The van der Waals surface area contributed by atoms with E-state index in [2.05, 4.69) is 44.6 Å². The quantitative estimate of drug-likeness (QED) is 0.0518. The molecule has 1 heterocycles. The molecular weight excluding hydrogens is 723 g/mol. The predicted molar refractivity (Wildman–Crippen MR) is 244 cm³/mol. The number of carbonyl (C=O) groups is 2. The molecule has 0 saturated heterocycles. The molecule has 3 unspecified atom stereocenters. The van der Waals surface area contributed by atoms with Crippen LogP contribution in [0.15, 0.2) is 12.3 Å². The Labute approximate surface area is 358 Å². The van der Waals surface area contributed by atoms with Crippen molar-refractivity contribution in [2.75, 3.05) is 32.8 Å². The molecule has 0 aliphatic carbocycles. The van der Waals surface area contributed by atoms with E-state index in [1.807, 2.05) is 16.9 Å². The van der Waals surface area contributed by atoms with E-state index < -0.39 is 6.10 Å². The van der Waals surface area contributed by atoms with Crippen molar-refractivity contribution in [3.8, 4) is 0 Å². The largest absolute Gasteiger partial charge is 0.465 e. The van der Waals surface area contributed by atoms with Gasteiger partial charge in [-0.3, -0.25) is 19.2 Å². The molecule has 0 aliphatic heterocycles. The number of ether oxygens (including phenoxy) is 2. The maximum atomic E-state index is 13.1. The van der Waals surface area contributed by atoms with Crippen LogP contribution in [-0.2, 0) is 25.6 Å². The van der Waals surface area contributed by atoms with Gasteiger partial charge in [0.25, 0.3) is 0 Å². The number of esters is 2. The van der Waals surface area contributed by atoms with E-state index in [1.165, 1.54) is 103 Å². The lowest BCUT2D eigenvalue weighted by Crippen LogP contribution is -2.36. The van der Waals surface area contributed by atoms with Crippen molar-refractivity contribution >= 4 is 11.9 Å². The smallest absolute Gasteiger partial charge is 0.308 e. The highest BCUT2D eigenvalue weighted by molar-refractivity contribution is 5.72. The number of hydrogen-bond acceptors (Lipinski definition) is 7. The van der Waals surface area contributed by atoms with Crippen molar-refractivity contribution in [2.24, 2.45) is 11.8 Å². The number of unbranched alkanes of at least 4 members (excludes halogenated alkanes) is 20. The molecule has 0 amide bonds. The molecule has 0 spiro atoms. The Morgan fingerprint density at radius 1 is 0.569 bits per heavy atom. The molecule has 1 aromatic rings. The zero-order chi connectivity index (χ0) is 42.3. The highest BCUT2D eigenvalue weighted by atomic mass is 16.5. The topological polar surface area (TPSA) is 93.9 Å². The van der Waals surface area contributed by atoms with Crippen molar-refractivity contribution in [3.63, 3.8) is 0 Å². The second kappa shape index (κ2) is 39.2. The summed E-state index contributed by atoms with van der Waals surface area (Å²) in [5.41, 5.74) is 1.15. The summed E-state index contributed by atoms with van der Waals surface area (Å²) in [6.45, 7) is 15.2. The predicted octanol–water partition coefficient (Wildman–Crippen LogP) is 13.3. The SMILES string of the molecule is CCCCCCCCC(CCCCCC)C(=O)OCCCCCCN(CCn1nccc1C)CC(O)CCCCOC(=O)C(CCCCCC)CCCCCCCC. The van der Waals surface area contributed by atoms with Crippen LogP contribution in [0.25, 0.3) is 0 Å². The Balaban J connectivity index is 2.47. The van der Waals surface area contributed by atoms with Crippen molar-refractivity contribution in [2.45, 2.75) is 246 Å². The summed E-state index contributed by atoms with van der Waals surface area (Å²) in [5, 5.41) is 15.6. The number of hydrogen-bond donors (Lipinski definition) is 1. The molecule has 0 bridgehead atoms. The van der Waals surface area contributed by atoms with E-state index >= 15 is 0 Å². The summed E-state index contributed by atoms with van der Waals surface area (Å²) in [4.78, 5) is 28.5. The first-order valence-corrected chi connectivity index (χ1v) is 25.1. The molecule has 8 heteroatoms. The average Bonchev–Trinajstić information content (AvgIpc) is 3.64. The summed E-state index contributed by atoms with van der Waals surface area (Å²) < 4.78 is 13.7. The van der Waals surface area contributed by atoms with Crippen LogP contribution in [0, 0.1) is 18.8 Å². The number of aliphatic hydroxyl groups is 1. The fraction of sp³-hybridized carbons (Fsp3) is 0.900. The number of aliphatic hydroxyl groups excluding tert-OH is 1. The third kappa shape index (κ3) is 30.1. The Hall–Kier alpha value is -1.93. The molecule has 1 N–H and O–H groups in total. The third-order valence-corrected chi connectivity index (χ3v) is 12.1. The van der Waals surface area contributed by atoms with Crippen LogP contribution in [0.5, 0.6) is 0 Å². The lowest BCUT2D eigenvalue weighted by atomic mass is 9.94. The Morgan fingerprint density at radius 3 is 1.43 bits per heavy atom. The fourth-order valence-electron chi connectivity index (χ4n) is 8.14. The molecule has 8 nitrogen and oxygen atoms in total. The van der Waals surface area contributed by atoms with E-state index in [-0.39, 0.29) is 23.8 Å². The molecule has 1 rings (SSSR count). The monoisotopic (exact) mass is 818 g/mol. The molecule has 0 aromatic carbocycles. The highest BCUT2D eigenvalue weighted by Crippen LogP contribution is 2.22. The summed E-state index contributed by atoms with van der Waals surface area (Å²) in [6, 6.07) is 2.03. The van der Waals surface area contributed by atoms with Crippen LogP contribution in [0.2, 0.25) is 0 Å². The van der Waals surface area contributed by atoms with Gasteiger partial charge in [0.15, 0.2) is 0 Å². The summed E-state index contributed by atoms with van der Waals surface area (Å²) in [6.07, 6.45) is 36.2. The molecule has 0 radical (unpaired) electrons. The number of nitrogens with zero attached hydrogens (tertiary/aromatic N) is 3. The number of aromatic nitrogens is 2. The van der Waals surface area contributed by atoms with E-state index in [1.54, 1.807) is 0 Å². The summed E-state index contributed by atoms with van der Waals surface area (Å²) in [7, 11) is 0. The minimum atomic E-state index is -0.417. The number of carbonyl (C=O) groups excluding carboxylic acids is 2. The van der Waals surface area contributed by atoms with Crippen molar-refractivity contribution in [3.05, 3.63) is 18.0 Å². The van der Waals surface area contributed by atoms with Gasteiger partial charge in [0, 0.05) is 25.0 Å². The summed E-state index contributed by atoms with van der Waals surface area (Å²) >= 11 is 0. The van der Waals surface area contributed by atoms with Gasteiger partial charge < -0.3 is 14.6 Å². The van der Waals surface area contributed by atoms with Gasteiger partial charge in [-0.15, -0.1) is 0 Å². The molecule has 0 saturated carbocycles. The molecule has 340 valence electrons. The zero-order valence-corrected chi connectivity index (χ0v) is 39.0. The van der Waals surface area contributed by atoms with Crippen LogP contribution >= 0.6 is 0 Å². The van der Waals surface area contributed by atoms with E-state index in [9.17, 15) is 14.7 Å².